The van der Waals surface area contributed by atoms with Gasteiger partial charge in [0.05, 0.1) is 11.5 Å². The number of benzene rings is 4. The average molecular weight is 455 g/mol. The van der Waals surface area contributed by atoms with E-state index in [1.165, 1.54) is 5.56 Å². The molecule has 4 heteroatoms. The molecule has 0 heterocycles. The van der Waals surface area contributed by atoms with Gasteiger partial charge in [0.15, 0.2) is 5.78 Å². The highest BCUT2D eigenvalue weighted by molar-refractivity contribution is 6.36. The van der Waals surface area contributed by atoms with Crippen molar-refractivity contribution in [2.75, 3.05) is 0 Å². The van der Waals surface area contributed by atoms with E-state index in [9.17, 15) is 9.59 Å². The molecule has 4 aromatic carbocycles. The monoisotopic (exact) mass is 454 g/mol. The summed E-state index contributed by atoms with van der Waals surface area (Å²) in [6.45, 7) is 6.14. The summed E-state index contributed by atoms with van der Waals surface area (Å²) in [6, 6.07) is 22.3. The minimum atomic E-state index is -0.698. The van der Waals surface area contributed by atoms with Crippen molar-refractivity contribution in [1.29, 1.82) is 0 Å². The summed E-state index contributed by atoms with van der Waals surface area (Å²) >= 11 is 6.34. The molecule has 33 heavy (non-hydrogen) atoms. The summed E-state index contributed by atoms with van der Waals surface area (Å²) in [6.07, 6.45) is -0.698. The highest BCUT2D eigenvalue weighted by atomic mass is 35.5. The normalized spacial score (nSPS) is 17.3. The number of ether oxygens (including phenoxy) is 1. The number of carbonyl (C=O) groups excluding carboxylic acids is 2. The molecule has 0 fully saturated rings. The third-order valence-corrected chi connectivity index (χ3v) is 7.21. The molecule has 0 amide bonds. The first-order valence-corrected chi connectivity index (χ1v) is 11.3. The molecule has 2 unspecified atom stereocenters. The lowest BCUT2D eigenvalue weighted by Crippen LogP contribution is -2.19. The Bertz CT molecular complexity index is 1440. The van der Waals surface area contributed by atoms with Gasteiger partial charge in [0.2, 0.25) is 0 Å². The van der Waals surface area contributed by atoms with E-state index in [1.54, 1.807) is 12.1 Å². The van der Waals surface area contributed by atoms with Crippen LogP contribution in [0.2, 0.25) is 5.02 Å². The molecule has 0 saturated heterocycles. The number of hydrogen-bond donors (Lipinski definition) is 0. The quantitative estimate of drug-likeness (QED) is 0.305. The largest absolute Gasteiger partial charge is 0.453 e. The van der Waals surface area contributed by atoms with Crippen molar-refractivity contribution in [1.82, 2.24) is 0 Å². The van der Waals surface area contributed by atoms with E-state index < -0.39 is 18.0 Å². The molecule has 0 aromatic heterocycles. The maximum atomic E-state index is 13.5. The van der Waals surface area contributed by atoms with E-state index >= 15 is 0 Å². The third-order valence-electron chi connectivity index (χ3n) is 6.88. The molecule has 0 radical (unpaired) electrons. The highest BCUT2D eigenvalue weighted by Gasteiger charge is 2.44. The summed E-state index contributed by atoms with van der Waals surface area (Å²) < 4.78 is 6.13. The number of halogens is 1. The van der Waals surface area contributed by atoms with Crippen molar-refractivity contribution in [3.63, 3.8) is 0 Å². The Kier molecular flexibility index (Phi) is 5.30. The summed E-state index contributed by atoms with van der Waals surface area (Å²) in [5.41, 5.74) is 6.06. The average Bonchev–Trinajstić information content (AvgIpc) is 3.09. The Hall–Kier alpha value is -3.43. The van der Waals surface area contributed by atoms with Crippen molar-refractivity contribution in [2.45, 2.75) is 32.8 Å². The molecular formula is C29H23ClO3. The fourth-order valence-electron chi connectivity index (χ4n) is 4.82. The van der Waals surface area contributed by atoms with E-state index in [0.29, 0.717) is 16.1 Å². The highest BCUT2D eigenvalue weighted by Crippen LogP contribution is 2.46. The lowest BCUT2D eigenvalue weighted by molar-refractivity contribution is 0.0260. The van der Waals surface area contributed by atoms with E-state index in [2.05, 4.69) is 13.8 Å². The zero-order valence-electron chi connectivity index (χ0n) is 18.7. The predicted octanol–water partition coefficient (Wildman–Crippen LogP) is 7.30. The van der Waals surface area contributed by atoms with E-state index in [0.717, 1.165) is 33.0 Å². The van der Waals surface area contributed by atoms with Gasteiger partial charge < -0.3 is 4.74 Å². The minimum Gasteiger partial charge on any atom is -0.453 e. The molecule has 0 spiro atoms. The predicted molar refractivity (Wildman–Crippen MR) is 131 cm³/mol. The summed E-state index contributed by atoms with van der Waals surface area (Å²) in [4.78, 5) is 27.0. The van der Waals surface area contributed by atoms with Crippen LogP contribution in [0.5, 0.6) is 0 Å². The van der Waals surface area contributed by atoms with Crippen LogP contribution in [0.4, 0.5) is 0 Å². The minimum absolute atomic E-state index is 0.0179. The van der Waals surface area contributed by atoms with Crippen molar-refractivity contribution in [3.8, 4) is 0 Å². The van der Waals surface area contributed by atoms with Gasteiger partial charge in [0, 0.05) is 21.5 Å². The van der Waals surface area contributed by atoms with Gasteiger partial charge in [-0.1, -0.05) is 72.3 Å². The molecule has 2 atom stereocenters. The van der Waals surface area contributed by atoms with Crippen LogP contribution in [0.15, 0.2) is 72.8 Å². The molecule has 0 aliphatic heterocycles. The molecule has 4 aromatic rings. The van der Waals surface area contributed by atoms with Gasteiger partial charge in [-0.2, -0.15) is 0 Å². The van der Waals surface area contributed by atoms with Gasteiger partial charge in [-0.05, 0) is 60.5 Å². The molecule has 164 valence electrons. The standard InChI is InChI=1S/C29H23ClO3/c1-16-12-13-19(18(3)17(16)2)26-27(31)22-10-6-7-11-23(22)28(26)33-29(32)24-14-15-25(30)21-9-5-4-8-20(21)24/h4-15,26,28H,1-3H3. The van der Waals surface area contributed by atoms with Crippen LogP contribution in [0.25, 0.3) is 10.8 Å². The molecule has 1 aliphatic carbocycles. The lowest BCUT2D eigenvalue weighted by atomic mass is 9.86. The van der Waals surface area contributed by atoms with Crippen molar-refractivity contribution < 1.29 is 14.3 Å². The molecule has 0 bridgehead atoms. The van der Waals surface area contributed by atoms with Gasteiger partial charge in [-0.25, -0.2) is 4.79 Å². The second kappa shape index (κ2) is 8.17. The zero-order chi connectivity index (χ0) is 23.3. The van der Waals surface area contributed by atoms with Crippen LogP contribution >= 0.6 is 11.6 Å². The number of hydrogen-bond acceptors (Lipinski definition) is 3. The maximum absolute atomic E-state index is 13.5. The lowest BCUT2D eigenvalue weighted by Gasteiger charge is -2.23. The van der Waals surface area contributed by atoms with Gasteiger partial charge in [0.1, 0.15) is 6.10 Å². The topological polar surface area (TPSA) is 43.4 Å². The van der Waals surface area contributed by atoms with Crippen LogP contribution in [-0.4, -0.2) is 11.8 Å². The number of esters is 1. The maximum Gasteiger partial charge on any atom is 0.339 e. The van der Waals surface area contributed by atoms with Crippen molar-refractivity contribution in [2.24, 2.45) is 0 Å². The van der Waals surface area contributed by atoms with Crippen LogP contribution in [0.1, 0.15) is 60.6 Å². The van der Waals surface area contributed by atoms with Gasteiger partial charge in [-0.3, -0.25) is 4.79 Å². The smallest absolute Gasteiger partial charge is 0.339 e. The van der Waals surface area contributed by atoms with Gasteiger partial charge in [0.25, 0.3) is 0 Å². The van der Waals surface area contributed by atoms with Crippen molar-refractivity contribution >= 4 is 34.1 Å². The van der Waals surface area contributed by atoms with E-state index in [-0.39, 0.29) is 5.78 Å². The van der Waals surface area contributed by atoms with Crippen LogP contribution in [0.3, 0.4) is 0 Å². The Balaban J connectivity index is 1.61. The molecule has 0 N–H and O–H groups in total. The molecule has 0 saturated carbocycles. The Morgan fingerprint density at radius 1 is 0.788 bits per heavy atom. The molecule has 5 rings (SSSR count). The van der Waals surface area contributed by atoms with Crippen molar-refractivity contribution in [3.05, 3.63) is 117 Å². The van der Waals surface area contributed by atoms with E-state index in [1.807, 2.05) is 67.6 Å². The number of aryl methyl sites for hydroxylation is 1. The molecule has 3 nitrogen and oxygen atoms in total. The number of carbonyl (C=O) groups is 2. The Morgan fingerprint density at radius 2 is 1.48 bits per heavy atom. The van der Waals surface area contributed by atoms with Crippen LogP contribution < -0.4 is 0 Å². The number of Topliss-reactive ketones (excluding diaryl/α,β-unsaturated/α-hetero) is 1. The Labute approximate surface area is 198 Å². The fraction of sp³-hybridized carbons (Fsp3) is 0.172. The fourth-order valence-corrected chi connectivity index (χ4v) is 5.05. The Morgan fingerprint density at radius 3 is 2.27 bits per heavy atom. The third kappa shape index (κ3) is 3.44. The summed E-state index contributed by atoms with van der Waals surface area (Å²) in [5, 5.41) is 2.09. The molecule has 1 aliphatic rings. The number of rotatable bonds is 3. The molecular weight excluding hydrogens is 432 g/mol. The first-order chi connectivity index (χ1) is 15.9. The van der Waals surface area contributed by atoms with E-state index in [4.69, 9.17) is 16.3 Å². The zero-order valence-corrected chi connectivity index (χ0v) is 19.4. The van der Waals surface area contributed by atoms with Crippen LogP contribution in [0, 0.1) is 20.8 Å². The van der Waals surface area contributed by atoms with Gasteiger partial charge in [-0.15, -0.1) is 0 Å². The first-order valence-electron chi connectivity index (χ1n) is 11.0. The second-order valence-corrected chi connectivity index (χ2v) is 9.02. The van der Waals surface area contributed by atoms with Crippen LogP contribution in [-0.2, 0) is 4.74 Å². The SMILES string of the molecule is Cc1ccc(C2C(=O)c3ccccc3C2OC(=O)c2ccc(Cl)c3ccccc23)c(C)c1C. The first kappa shape index (κ1) is 21.4. The number of ketones is 1. The summed E-state index contributed by atoms with van der Waals surface area (Å²) in [5.74, 6) is -1.07. The second-order valence-electron chi connectivity index (χ2n) is 8.62. The van der Waals surface area contributed by atoms with Gasteiger partial charge >= 0.3 is 5.97 Å². The number of fused-ring (bicyclic) bond motifs is 2. The summed E-state index contributed by atoms with van der Waals surface area (Å²) in [7, 11) is 0.